The highest BCUT2D eigenvalue weighted by Crippen LogP contribution is 2.41. The van der Waals surface area contributed by atoms with Gasteiger partial charge in [0.15, 0.2) is 11.6 Å². The number of alkyl halides is 3. The van der Waals surface area contributed by atoms with E-state index in [4.69, 9.17) is 16.3 Å². The molecule has 0 atom stereocenters. The van der Waals surface area contributed by atoms with Crippen LogP contribution in [-0.2, 0) is 10.0 Å². The first-order valence-corrected chi connectivity index (χ1v) is 12.0. The number of hydrogen-bond acceptors (Lipinski definition) is 9. The second-order valence-electron chi connectivity index (χ2n) is 6.62. The number of benzene rings is 2. The molecule has 36 heavy (non-hydrogen) atoms. The lowest BCUT2D eigenvalue weighted by Crippen LogP contribution is -2.18. The Hall–Kier alpha value is -3.63. The normalized spacial score (nSPS) is 11.8. The van der Waals surface area contributed by atoms with Crippen LogP contribution in [-0.4, -0.2) is 35.2 Å². The zero-order valence-corrected chi connectivity index (χ0v) is 19.5. The van der Waals surface area contributed by atoms with Crippen molar-refractivity contribution in [1.29, 1.82) is 0 Å². The summed E-state index contributed by atoms with van der Waals surface area (Å²) in [6.45, 7) is 0. The Labute approximate surface area is 207 Å². The van der Waals surface area contributed by atoms with Crippen molar-refractivity contribution in [2.24, 2.45) is 0 Å². The number of rotatable bonds is 7. The zero-order valence-electron chi connectivity index (χ0n) is 17.1. The third-order valence-electron chi connectivity index (χ3n) is 4.23. The van der Waals surface area contributed by atoms with Gasteiger partial charge < -0.3 is 9.47 Å². The Morgan fingerprint density at radius 3 is 2.36 bits per heavy atom. The first-order valence-electron chi connectivity index (χ1n) is 9.25. The minimum Gasteiger partial charge on any atom is -0.455 e. The van der Waals surface area contributed by atoms with Crippen molar-refractivity contribution in [3.8, 4) is 28.4 Å². The summed E-state index contributed by atoms with van der Waals surface area (Å²) in [6, 6.07) is 3.95. The lowest BCUT2D eigenvalue weighted by atomic mass is 10.1. The molecule has 0 aliphatic carbocycles. The molecule has 0 fully saturated rings. The number of halogens is 6. The van der Waals surface area contributed by atoms with E-state index in [9.17, 15) is 30.4 Å². The molecule has 0 bridgehead atoms. The van der Waals surface area contributed by atoms with Gasteiger partial charge in [-0.05, 0) is 18.2 Å². The fourth-order valence-electron chi connectivity index (χ4n) is 2.80. The summed E-state index contributed by atoms with van der Waals surface area (Å²) in [4.78, 5) is -0.853. The first-order chi connectivity index (χ1) is 16.9. The molecule has 9 nitrogen and oxygen atoms in total. The molecule has 1 N–H and O–H groups in total. The van der Waals surface area contributed by atoms with E-state index in [1.54, 1.807) is 0 Å². The van der Waals surface area contributed by atoms with Gasteiger partial charge in [0.2, 0.25) is 5.13 Å². The molecule has 0 amide bonds. The highest BCUT2D eigenvalue weighted by Gasteiger charge is 2.33. The third-order valence-corrected chi connectivity index (χ3v) is 6.62. The summed E-state index contributed by atoms with van der Waals surface area (Å²) in [6.07, 6.45) is -2.83. The number of nitrogens with one attached hydrogen (secondary N) is 1. The minimum atomic E-state index is -5.19. The van der Waals surface area contributed by atoms with Crippen LogP contribution in [0, 0.1) is 11.6 Å². The van der Waals surface area contributed by atoms with Crippen molar-refractivity contribution in [2.45, 2.75) is 11.3 Å². The molecule has 2 aromatic carbocycles. The maximum absolute atomic E-state index is 14.8. The Morgan fingerprint density at radius 1 is 0.972 bits per heavy atom. The molecule has 4 rings (SSSR count). The quantitative estimate of drug-likeness (QED) is 0.295. The van der Waals surface area contributed by atoms with Crippen LogP contribution < -0.4 is 14.2 Å². The van der Waals surface area contributed by atoms with Crippen LogP contribution in [0.15, 0.2) is 53.1 Å². The summed E-state index contributed by atoms with van der Waals surface area (Å²) in [5, 5.41) is 13.6. The van der Waals surface area contributed by atoms with Crippen LogP contribution >= 0.6 is 22.9 Å². The number of hydrogen-bond donors (Lipinski definition) is 1. The van der Waals surface area contributed by atoms with Crippen molar-refractivity contribution < 1.29 is 39.8 Å². The topological polar surface area (TPSA) is 116 Å². The smallest absolute Gasteiger partial charge is 0.455 e. The molecule has 0 saturated heterocycles. The SMILES string of the molecule is O=S(=O)(Nc1nncs1)c1cc(Cl)c(Oc2cc(F)c(OC(F)(F)F)cc2-c2ccnnc2)cc1F. The summed E-state index contributed by atoms with van der Waals surface area (Å²) >= 11 is 6.94. The second-order valence-corrected chi connectivity index (χ2v) is 9.51. The summed E-state index contributed by atoms with van der Waals surface area (Å²) in [5.74, 6) is -4.78. The van der Waals surface area contributed by atoms with Gasteiger partial charge in [-0.3, -0.25) is 4.72 Å². The second kappa shape index (κ2) is 9.79. The van der Waals surface area contributed by atoms with Crippen LogP contribution in [0.5, 0.6) is 17.2 Å². The third kappa shape index (κ3) is 5.77. The van der Waals surface area contributed by atoms with Gasteiger partial charge >= 0.3 is 6.36 Å². The van der Waals surface area contributed by atoms with E-state index in [2.05, 4.69) is 25.1 Å². The van der Waals surface area contributed by atoms with Gasteiger partial charge in [-0.25, -0.2) is 17.2 Å². The van der Waals surface area contributed by atoms with E-state index in [-0.39, 0.29) is 16.3 Å². The Balaban J connectivity index is 1.74. The number of aromatic nitrogens is 4. The number of sulfonamides is 1. The molecule has 0 aliphatic rings. The van der Waals surface area contributed by atoms with Gasteiger partial charge in [0, 0.05) is 23.3 Å². The molecule has 0 unspecified atom stereocenters. The predicted octanol–water partition coefficient (Wildman–Crippen LogP) is 5.42. The van der Waals surface area contributed by atoms with E-state index < -0.39 is 55.2 Å². The maximum atomic E-state index is 14.8. The molecule has 17 heteroatoms. The largest absolute Gasteiger partial charge is 0.573 e. The molecule has 2 aromatic heterocycles. The Bertz CT molecular complexity index is 1510. The van der Waals surface area contributed by atoms with Crippen LogP contribution in [0.3, 0.4) is 0 Å². The van der Waals surface area contributed by atoms with Gasteiger partial charge in [0.05, 0.1) is 17.4 Å². The summed E-state index contributed by atoms with van der Waals surface area (Å²) in [7, 11) is -4.46. The van der Waals surface area contributed by atoms with Crippen molar-refractivity contribution >= 4 is 38.1 Å². The number of anilines is 1. The fourth-order valence-corrected chi connectivity index (χ4v) is 4.84. The molecule has 0 radical (unpaired) electrons. The molecule has 2 heterocycles. The molecule has 0 aliphatic heterocycles. The number of nitrogens with zero attached hydrogens (tertiary/aromatic N) is 4. The van der Waals surface area contributed by atoms with Gasteiger partial charge in [-0.1, -0.05) is 22.9 Å². The Morgan fingerprint density at radius 2 is 1.72 bits per heavy atom. The standard InChI is InChI=1S/C19H9ClF5N5O4S2/c20-11-4-17(36(31,32)30-18-29-28-8-35-18)13(22)6-15(11)33-14-5-12(21)16(34-19(23,24)25)3-10(14)9-1-2-26-27-7-9/h1-8H,(H,29,30). The number of ether oxygens (including phenoxy) is 2. The van der Waals surface area contributed by atoms with E-state index >= 15 is 0 Å². The lowest BCUT2D eigenvalue weighted by Gasteiger charge is -2.16. The molecule has 4 aromatic rings. The zero-order chi connectivity index (χ0) is 26.1. The monoisotopic (exact) mass is 565 g/mol. The van der Waals surface area contributed by atoms with Crippen molar-refractivity contribution in [3.05, 3.63) is 64.9 Å². The summed E-state index contributed by atoms with van der Waals surface area (Å²) in [5.41, 5.74) is 1.25. The van der Waals surface area contributed by atoms with Crippen molar-refractivity contribution in [1.82, 2.24) is 20.4 Å². The van der Waals surface area contributed by atoms with E-state index in [0.717, 1.165) is 23.6 Å². The fraction of sp³-hybridized carbons (Fsp3) is 0.0526. The predicted molar refractivity (Wildman–Crippen MR) is 116 cm³/mol. The lowest BCUT2D eigenvalue weighted by molar-refractivity contribution is -0.275. The van der Waals surface area contributed by atoms with Crippen LogP contribution in [0.1, 0.15) is 0 Å². The van der Waals surface area contributed by atoms with Crippen molar-refractivity contribution in [2.75, 3.05) is 4.72 Å². The van der Waals surface area contributed by atoms with E-state index in [1.165, 1.54) is 17.8 Å². The average molecular weight is 566 g/mol. The molecule has 0 saturated carbocycles. The first kappa shape index (κ1) is 25.5. The summed E-state index contributed by atoms with van der Waals surface area (Å²) < 4.78 is 103. The van der Waals surface area contributed by atoms with Gasteiger partial charge in [0.1, 0.15) is 27.7 Å². The highest BCUT2D eigenvalue weighted by molar-refractivity contribution is 7.93. The van der Waals surface area contributed by atoms with E-state index in [1.807, 2.05) is 4.72 Å². The van der Waals surface area contributed by atoms with Crippen molar-refractivity contribution in [3.63, 3.8) is 0 Å². The molecular formula is C19H9ClF5N5O4S2. The average Bonchev–Trinajstić information content (AvgIpc) is 3.29. The highest BCUT2D eigenvalue weighted by atomic mass is 35.5. The molecular weight excluding hydrogens is 557 g/mol. The van der Waals surface area contributed by atoms with Gasteiger partial charge in [-0.15, -0.1) is 23.4 Å². The molecule has 0 spiro atoms. The molecule has 188 valence electrons. The van der Waals surface area contributed by atoms with Crippen LogP contribution in [0.25, 0.3) is 11.1 Å². The van der Waals surface area contributed by atoms with Crippen LogP contribution in [0.4, 0.5) is 27.1 Å². The Kier molecular flexibility index (Phi) is 6.92. The van der Waals surface area contributed by atoms with E-state index in [0.29, 0.717) is 18.2 Å². The van der Waals surface area contributed by atoms with Gasteiger partial charge in [-0.2, -0.15) is 10.2 Å². The van der Waals surface area contributed by atoms with Gasteiger partial charge in [0.25, 0.3) is 10.0 Å². The minimum absolute atomic E-state index is 0.127. The van der Waals surface area contributed by atoms with Crippen LogP contribution in [0.2, 0.25) is 5.02 Å². The maximum Gasteiger partial charge on any atom is 0.573 e.